The Labute approximate surface area is 299 Å². The average molecular weight is 665 g/mol. The van der Waals surface area contributed by atoms with Gasteiger partial charge in [0.2, 0.25) is 0 Å². The Morgan fingerprint density at radius 1 is 0.500 bits per heavy atom. The molecule has 0 aliphatic heterocycles. The normalized spacial score (nSPS) is 13.2. The highest BCUT2D eigenvalue weighted by Gasteiger charge is 2.26. The molecule has 5 heteroatoms. The van der Waals surface area contributed by atoms with Crippen LogP contribution in [-0.2, 0) is 0 Å². The predicted molar refractivity (Wildman–Crippen MR) is 211 cm³/mol. The third-order valence-corrected chi connectivity index (χ3v) is 9.39. The second-order valence-corrected chi connectivity index (χ2v) is 14.6. The van der Waals surface area contributed by atoms with E-state index in [1.807, 2.05) is 62.6 Å². The minimum Gasteiger partial charge on any atom is -0.508 e. The summed E-state index contributed by atoms with van der Waals surface area (Å²) in [6.45, 7) is 22.1. The number of aromatic nitrogens is 2. The van der Waals surface area contributed by atoms with Gasteiger partial charge in [-0.2, -0.15) is 0 Å². The molecule has 0 amide bonds. The smallest absolute Gasteiger partial charge is 0.115 e. The number of nitrogens with zero attached hydrogens (tertiary/aromatic N) is 4. The van der Waals surface area contributed by atoms with Crippen molar-refractivity contribution in [3.8, 4) is 5.75 Å². The standard InChI is InChI=1S/C45H52N4O/c1-27(2)37-23-34(24-38(28(3)4)44(37)48-31(9)41-15-11-13-21-46-41)43(33-17-19-36(50)20-18-33)35-25-39(29(5)6)45(40(26-35)30(7)8)49-32(10)42-16-12-14-22-47-42/h11-30,43,50H,1-10H3. The van der Waals surface area contributed by atoms with Crippen molar-refractivity contribution in [2.24, 2.45) is 9.98 Å². The van der Waals surface area contributed by atoms with E-state index >= 15 is 0 Å². The minimum atomic E-state index is -0.0783. The first kappa shape index (κ1) is 36.4. The highest BCUT2D eigenvalue weighted by atomic mass is 16.3. The Bertz CT molecular complexity index is 1790. The molecule has 1 N–H and O–H groups in total. The first-order chi connectivity index (χ1) is 23.8. The van der Waals surface area contributed by atoms with E-state index < -0.39 is 0 Å². The van der Waals surface area contributed by atoms with Crippen LogP contribution in [0.4, 0.5) is 11.4 Å². The summed E-state index contributed by atoms with van der Waals surface area (Å²) in [5.74, 6) is 1.15. The number of phenols is 1. The molecule has 3 aromatic carbocycles. The van der Waals surface area contributed by atoms with E-state index in [0.29, 0.717) is 0 Å². The van der Waals surface area contributed by atoms with Crippen molar-refractivity contribution in [3.63, 3.8) is 0 Å². The fraction of sp³-hybridized carbons (Fsp3) is 0.333. The van der Waals surface area contributed by atoms with Crippen LogP contribution in [0.1, 0.15) is 149 Å². The molecule has 2 heterocycles. The van der Waals surface area contributed by atoms with Crippen molar-refractivity contribution in [1.82, 2.24) is 9.97 Å². The lowest BCUT2D eigenvalue weighted by Gasteiger charge is -2.27. The van der Waals surface area contributed by atoms with Crippen molar-refractivity contribution in [1.29, 1.82) is 0 Å². The van der Waals surface area contributed by atoms with Gasteiger partial charge < -0.3 is 5.11 Å². The summed E-state index contributed by atoms with van der Waals surface area (Å²) in [6, 6.07) is 29.1. The molecule has 0 spiro atoms. The molecular formula is C45H52N4O. The van der Waals surface area contributed by atoms with E-state index in [0.717, 1.165) is 39.7 Å². The zero-order valence-corrected chi connectivity index (χ0v) is 31.4. The van der Waals surface area contributed by atoms with E-state index in [2.05, 4.69) is 102 Å². The molecule has 0 saturated heterocycles. The zero-order chi connectivity index (χ0) is 36.1. The molecule has 0 saturated carbocycles. The van der Waals surface area contributed by atoms with Crippen LogP contribution in [0.3, 0.4) is 0 Å². The van der Waals surface area contributed by atoms with Gasteiger partial charge in [-0.1, -0.05) is 104 Å². The van der Waals surface area contributed by atoms with Gasteiger partial charge in [-0.15, -0.1) is 0 Å². The lowest BCUT2D eigenvalue weighted by Crippen LogP contribution is -2.10. The highest BCUT2D eigenvalue weighted by molar-refractivity contribution is 5.99. The Morgan fingerprint density at radius 2 is 0.860 bits per heavy atom. The molecule has 0 atom stereocenters. The van der Waals surface area contributed by atoms with Crippen LogP contribution in [0, 0.1) is 0 Å². The molecule has 0 fully saturated rings. The van der Waals surface area contributed by atoms with Crippen LogP contribution in [0.2, 0.25) is 0 Å². The molecule has 5 rings (SSSR count). The zero-order valence-electron chi connectivity index (χ0n) is 31.4. The fourth-order valence-corrected chi connectivity index (χ4v) is 6.61. The molecule has 0 aliphatic rings. The number of phenolic OH excluding ortho intramolecular Hbond substituents is 1. The van der Waals surface area contributed by atoms with Gasteiger partial charge >= 0.3 is 0 Å². The van der Waals surface area contributed by atoms with Gasteiger partial charge in [0.25, 0.3) is 0 Å². The van der Waals surface area contributed by atoms with E-state index in [1.54, 1.807) is 12.1 Å². The Morgan fingerprint density at radius 3 is 1.16 bits per heavy atom. The van der Waals surface area contributed by atoms with Crippen LogP contribution < -0.4 is 0 Å². The second-order valence-electron chi connectivity index (χ2n) is 14.6. The van der Waals surface area contributed by atoms with Gasteiger partial charge in [-0.25, -0.2) is 0 Å². The molecule has 5 nitrogen and oxygen atoms in total. The number of rotatable bonds is 11. The molecule has 0 radical (unpaired) electrons. The largest absolute Gasteiger partial charge is 0.508 e. The van der Waals surface area contributed by atoms with Gasteiger partial charge in [0.05, 0.1) is 34.2 Å². The summed E-state index contributed by atoms with van der Waals surface area (Å²) in [4.78, 5) is 19.7. The fourth-order valence-electron chi connectivity index (χ4n) is 6.61. The summed E-state index contributed by atoms with van der Waals surface area (Å²) in [7, 11) is 0. The summed E-state index contributed by atoms with van der Waals surface area (Å²) in [5, 5.41) is 10.3. The first-order valence-corrected chi connectivity index (χ1v) is 17.9. The molecular weight excluding hydrogens is 613 g/mol. The van der Waals surface area contributed by atoms with Crippen LogP contribution in [-0.4, -0.2) is 26.5 Å². The minimum absolute atomic E-state index is 0.0783. The average Bonchev–Trinajstić information content (AvgIpc) is 3.10. The lowest BCUT2D eigenvalue weighted by atomic mass is 9.78. The Balaban J connectivity index is 1.79. The quantitative estimate of drug-likeness (QED) is 0.113. The number of hydrogen-bond acceptors (Lipinski definition) is 5. The number of benzene rings is 3. The molecule has 258 valence electrons. The van der Waals surface area contributed by atoms with E-state index in [9.17, 15) is 5.11 Å². The van der Waals surface area contributed by atoms with Crippen molar-refractivity contribution in [2.45, 2.75) is 98.8 Å². The number of hydrogen-bond donors (Lipinski definition) is 1. The number of pyridine rings is 2. The second kappa shape index (κ2) is 15.8. The van der Waals surface area contributed by atoms with Gasteiger partial charge in [0.15, 0.2) is 0 Å². The van der Waals surface area contributed by atoms with Crippen LogP contribution in [0.5, 0.6) is 5.75 Å². The summed E-state index contributed by atoms with van der Waals surface area (Å²) in [6.07, 6.45) is 3.64. The molecule has 50 heavy (non-hydrogen) atoms. The molecule has 5 aromatic rings. The monoisotopic (exact) mass is 664 g/mol. The lowest BCUT2D eigenvalue weighted by molar-refractivity contribution is 0.475. The van der Waals surface area contributed by atoms with E-state index in [4.69, 9.17) is 9.98 Å². The van der Waals surface area contributed by atoms with Crippen LogP contribution in [0.25, 0.3) is 0 Å². The van der Waals surface area contributed by atoms with Gasteiger partial charge in [-0.05, 0) is 113 Å². The Hall–Kier alpha value is -4.90. The molecule has 0 unspecified atom stereocenters. The first-order valence-electron chi connectivity index (χ1n) is 17.9. The van der Waals surface area contributed by atoms with E-state index in [1.165, 1.54) is 33.4 Å². The third-order valence-electron chi connectivity index (χ3n) is 9.39. The Kier molecular flexibility index (Phi) is 11.5. The summed E-state index contributed by atoms with van der Waals surface area (Å²) in [5.41, 5.74) is 14.0. The topological polar surface area (TPSA) is 70.7 Å². The maximum absolute atomic E-state index is 10.3. The molecule has 0 aliphatic carbocycles. The van der Waals surface area contributed by atoms with Crippen molar-refractivity contribution in [2.75, 3.05) is 0 Å². The van der Waals surface area contributed by atoms with E-state index in [-0.39, 0.29) is 35.3 Å². The van der Waals surface area contributed by atoms with Crippen molar-refractivity contribution < 1.29 is 5.11 Å². The summed E-state index contributed by atoms with van der Waals surface area (Å²) >= 11 is 0. The van der Waals surface area contributed by atoms with Crippen LogP contribution in [0.15, 0.2) is 107 Å². The van der Waals surface area contributed by atoms with Crippen LogP contribution >= 0.6 is 0 Å². The highest BCUT2D eigenvalue weighted by Crippen LogP contribution is 2.45. The third kappa shape index (κ3) is 8.10. The maximum Gasteiger partial charge on any atom is 0.115 e. The summed E-state index contributed by atoms with van der Waals surface area (Å²) < 4.78 is 0. The van der Waals surface area contributed by atoms with Crippen molar-refractivity contribution >= 4 is 22.8 Å². The number of aliphatic imine (C=N–C) groups is 2. The van der Waals surface area contributed by atoms with Gasteiger partial charge in [0.1, 0.15) is 5.75 Å². The van der Waals surface area contributed by atoms with Gasteiger partial charge in [-0.3, -0.25) is 20.0 Å². The maximum atomic E-state index is 10.3. The van der Waals surface area contributed by atoms with Crippen molar-refractivity contribution in [3.05, 3.63) is 148 Å². The predicted octanol–water partition coefficient (Wildman–Crippen LogP) is 12.1. The molecule has 2 aromatic heterocycles. The molecule has 0 bridgehead atoms. The van der Waals surface area contributed by atoms with Gasteiger partial charge in [0, 0.05) is 18.3 Å². The number of aromatic hydroxyl groups is 1. The SMILES string of the molecule is CC(=Nc1c(C(C)C)cc(C(c2ccc(O)cc2)c2cc(C(C)C)c(N=C(C)c3ccccn3)c(C(C)C)c2)cc1C(C)C)c1ccccn1.